The van der Waals surface area contributed by atoms with Gasteiger partial charge in [-0.05, 0) is 63.4 Å². The summed E-state index contributed by atoms with van der Waals surface area (Å²) in [4.78, 5) is 20.7. The zero-order valence-corrected chi connectivity index (χ0v) is 24.2. The third-order valence-corrected chi connectivity index (χ3v) is 9.17. The number of nitrogens with zero attached hydrogens (tertiary/aromatic N) is 4. The highest BCUT2D eigenvalue weighted by molar-refractivity contribution is 6.25. The van der Waals surface area contributed by atoms with E-state index in [1.807, 2.05) is 0 Å². The Hall–Kier alpha value is -6.00. The lowest BCUT2D eigenvalue weighted by molar-refractivity contribution is 1.19. The van der Waals surface area contributed by atoms with Gasteiger partial charge in [-0.25, -0.2) is 19.9 Å². The Labute approximate surface area is 257 Å². The van der Waals surface area contributed by atoms with Crippen molar-refractivity contribution in [1.82, 2.24) is 19.9 Å². The molecule has 4 heteroatoms. The van der Waals surface area contributed by atoms with Gasteiger partial charge in [0.15, 0.2) is 0 Å². The molecule has 0 atom stereocenters. The largest absolute Gasteiger partial charge is 0.244 e. The number of hydrogen-bond donors (Lipinski definition) is 0. The molecule has 0 saturated carbocycles. The van der Waals surface area contributed by atoms with Gasteiger partial charge in [0.1, 0.15) is 0 Å². The highest BCUT2D eigenvalue weighted by Gasteiger charge is 2.14. The van der Waals surface area contributed by atoms with Crippen molar-refractivity contribution in [3.05, 3.63) is 145 Å². The molecule has 0 aliphatic heterocycles. The summed E-state index contributed by atoms with van der Waals surface area (Å²) in [7, 11) is 0. The van der Waals surface area contributed by atoms with E-state index >= 15 is 0 Å². The molecule has 0 unspecified atom stereocenters. The second-order valence-electron chi connectivity index (χ2n) is 11.8. The van der Waals surface area contributed by atoms with Crippen molar-refractivity contribution in [2.24, 2.45) is 0 Å². The molecule has 45 heavy (non-hydrogen) atoms. The van der Waals surface area contributed by atoms with Crippen LogP contribution in [0.5, 0.6) is 0 Å². The normalized spacial score (nSPS) is 12.1. The second-order valence-corrected chi connectivity index (χ2v) is 11.8. The topological polar surface area (TPSA) is 51.6 Å². The van der Waals surface area contributed by atoms with Crippen LogP contribution in [0.3, 0.4) is 0 Å². The van der Waals surface area contributed by atoms with Crippen LogP contribution in [0.1, 0.15) is 11.1 Å². The Morgan fingerprint density at radius 2 is 0.578 bits per heavy atom. The first-order valence-corrected chi connectivity index (χ1v) is 15.3. The molecule has 0 fully saturated rings. The monoisotopic (exact) mass is 572 g/mol. The molecule has 10 aromatic rings. The van der Waals surface area contributed by atoms with Crippen LogP contribution in [0.25, 0.3) is 87.2 Å². The molecular weight excluding hydrogens is 548 g/mol. The van der Waals surface area contributed by atoms with Gasteiger partial charge in [-0.2, -0.15) is 0 Å². The van der Waals surface area contributed by atoms with Crippen molar-refractivity contribution >= 4 is 87.2 Å². The Bertz CT molecular complexity index is 2660. The first-order chi connectivity index (χ1) is 22.3. The summed E-state index contributed by atoms with van der Waals surface area (Å²) >= 11 is 0. The van der Waals surface area contributed by atoms with Crippen LogP contribution in [-0.4, -0.2) is 19.9 Å². The van der Waals surface area contributed by atoms with Crippen LogP contribution in [0.4, 0.5) is 0 Å². The number of fused-ring (bicyclic) bond motifs is 14. The van der Waals surface area contributed by atoms with E-state index in [-0.39, 0.29) is 0 Å². The molecule has 0 bridgehead atoms. The van der Waals surface area contributed by atoms with E-state index in [1.54, 1.807) is 0 Å². The maximum Gasteiger partial charge on any atom is 0.0979 e. The van der Waals surface area contributed by atoms with Crippen LogP contribution in [0.2, 0.25) is 0 Å². The average Bonchev–Trinajstić information content (AvgIpc) is 3.10. The fraction of sp³-hybridized carbons (Fsp3) is 0.0244. The Morgan fingerprint density at radius 1 is 0.289 bits per heavy atom. The molecule has 10 rings (SSSR count). The molecule has 0 aliphatic carbocycles. The summed E-state index contributed by atoms with van der Waals surface area (Å²) in [6, 6.07) is 46.9. The van der Waals surface area contributed by atoms with Gasteiger partial charge in [-0.3, -0.25) is 0 Å². The lowest BCUT2D eigenvalue weighted by Gasteiger charge is -2.11. The van der Waals surface area contributed by atoms with Crippen molar-refractivity contribution < 1.29 is 0 Å². The minimum Gasteiger partial charge on any atom is -0.244 e. The van der Waals surface area contributed by atoms with Gasteiger partial charge >= 0.3 is 0 Å². The molecule has 8 aromatic carbocycles. The van der Waals surface area contributed by atoms with Crippen LogP contribution in [0, 0.1) is 0 Å². The number of aromatic nitrogens is 4. The maximum atomic E-state index is 5.21. The minimum absolute atomic E-state index is 0.766. The standard InChI is InChI=1S/C41H24N4/c1-5-13-30-26(9-1)28-11-3-7-15-32(28)40-38(30)42-34-19-17-24(22-36(34)44-40)21-25-18-20-35-37(23-25)45-41-33-16-8-4-12-29(33)27-10-2-6-14-31(27)39(41)43-35/h1-20,22-23H,21H2. The van der Waals surface area contributed by atoms with Gasteiger partial charge in [0.25, 0.3) is 0 Å². The van der Waals surface area contributed by atoms with E-state index in [2.05, 4.69) is 133 Å². The predicted octanol–water partition coefficient (Wildman–Crippen LogP) is 10.1. The van der Waals surface area contributed by atoms with Crippen molar-refractivity contribution in [3.8, 4) is 0 Å². The van der Waals surface area contributed by atoms with E-state index in [0.29, 0.717) is 0 Å². The minimum atomic E-state index is 0.766. The summed E-state index contributed by atoms with van der Waals surface area (Å²) < 4.78 is 0. The number of hydrogen-bond acceptors (Lipinski definition) is 4. The van der Waals surface area contributed by atoms with E-state index < -0.39 is 0 Å². The smallest absolute Gasteiger partial charge is 0.0979 e. The third kappa shape index (κ3) is 3.66. The highest BCUT2D eigenvalue weighted by atomic mass is 14.8. The van der Waals surface area contributed by atoms with Crippen molar-refractivity contribution in [3.63, 3.8) is 0 Å². The molecule has 0 amide bonds. The van der Waals surface area contributed by atoms with Crippen molar-refractivity contribution in [1.29, 1.82) is 0 Å². The summed E-state index contributed by atoms with van der Waals surface area (Å²) in [6.07, 6.45) is 0.766. The van der Waals surface area contributed by atoms with Gasteiger partial charge < -0.3 is 0 Å². The molecule has 0 saturated heterocycles. The third-order valence-electron chi connectivity index (χ3n) is 9.17. The van der Waals surface area contributed by atoms with Gasteiger partial charge in [-0.1, -0.05) is 109 Å². The van der Waals surface area contributed by atoms with Crippen LogP contribution < -0.4 is 0 Å². The summed E-state index contributed by atoms with van der Waals surface area (Å²) in [6.45, 7) is 0. The zero-order valence-electron chi connectivity index (χ0n) is 24.2. The van der Waals surface area contributed by atoms with Gasteiger partial charge in [-0.15, -0.1) is 0 Å². The Kier molecular flexibility index (Phi) is 5.02. The molecule has 4 nitrogen and oxygen atoms in total. The van der Waals surface area contributed by atoms with Gasteiger partial charge in [0, 0.05) is 21.5 Å². The fourth-order valence-electron chi connectivity index (χ4n) is 7.10. The molecule has 0 radical (unpaired) electrons. The average molecular weight is 573 g/mol. The first-order valence-electron chi connectivity index (χ1n) is 15.3. The van der Waals surface area contributed by atoms with Crippen molar-refractivity contribution in [2.75, 3.05) is 0 Å². The van der Waals surface area contributed by atoms with Crippen LogP contribution in [0.15, 0.2) is 133 Å². The fourth-order valence-corrected chi connectivity index (χ4v) is 7.10. The lowest BCUT2D eigenvalue weighted by atomic mass is 9.99. The Balaban J connectivity index is 1.11. The Morgan fingerprint density at radius 3 is 0.911 bits per heavy atom. The maximum absolute atomic E-state index is 5.21. The van der Waals surface area contributed by atoms with E-state index in [9.17, 15) is 0 Å². The van der Waals surface area contributed by atoms with E-state index in [4.69, 9.17) is 19.9 Å². The predicted molar refractivity (Wildman–Crippen MR) is 187 cm³/mol. The van der Waals surface area contributed by atoms with Crippen LogP contribution in [-0.2, 0) is 6.42 Å². The van der Waals surface area contributed by atoms with Gasteiger partial charge in [0.2, 0.25) is 0 Å². The molecule has 0 N–H and O–H groups in total. The lowest BCUT2D eigenvalue weighted by Crippen LogP contribution is -1.95. The molecule has 2 heterocycles. The van der Waals surface area contributed by atoms with E-state index in [0.717, 1.165) is 72.1 Å². The SMILES string of the molecule is c1ccc2c(c1)c1ccccc1c1nc3cc(Cc4ccc5nc6c7ccccc7c7ccccc7c6nc5c4)ccc3nc21. The second kappa shape index (κ2) is 9.25. The quantitative estimate of drug-likeness (QED) is 0.153. The molecular formula is C41H24N4. The summed E-state index contributed by atoms with van der Waals surface area (Å²) in [5.74, 6) is 0. The number of rotatable bonds is 2. The highest BCUT2D eigenvalue weighted by Crippen LogP contribution is 2.36. The first kappa shape index (κ1) is 24.4. The van der Waals surface area contributed by atoms with E-state index in [1.165, 1.54) is 32.7 Å². The van der Waals surface area contributed by atoms with Crippen molar-refractivity contribution in [2.45, 2.75) is 6.42 Å². The molecule has 0 spiro atoms. The molecule has 2 aromatic heterocycles. The zero-order chi connectivity index (χ0) is 29.5. The molecule has 208 valence electrons. The van der Waals surface area contributed by atoms with Crippen LogP contribution >= 0.6 is 0 Å². The summed E-state index contributed by atoms with van der Waals surface area (Å²) in [5.41, 5.74) is 9.79. The van der Waals surface area contributed by atoms with Gasteiger partial charge in [0.05, 0.1) is 44.1 Å². The molecule has 0 aliphatic rings. The number of benzene rings is 8. The summed E-state index contributed by atoms with van der Waals surface area (Å²) in [5, 5.41) is 9.36.